The minimum absolute atomic E-state index is 0.339. The summed E-state index contributed by atoms with van der Waals surface area (Å²) in [7, 11) is 0. The first-order chi connectivity index (χ1) is 5.21. The molecule has 0 bridgehead atoms. The van der Waals surface area contributed by atoms with E-state index in [2.05, 4.69) is 32.8 Å². The van der Waals surface area contributed by atoms with Crippen LogP contribution in [-0.2, 0) is 5.41 Å². The maximum atomic E-state index is 4.31. The van der Waals surface area contributed by atoms with Crippen LogP contribution < -0.4 is 0 Å². The van der Waals surface area contributed by atoms with Gasteiger partial charge >= 0.3 is 0 Å². The third-order valence-electron chi connectivity index (χ3n) is 2.57. The van der Waals surface area contributed by atoms with Gasteiger partial charge in [-0.15, -0.1) is 0 Å². The number of aromatic amines is 1. The molecule has 0 radical (unpaired) electrons. The van der Waals surface area contributed by atoms with E-state index in [1.807, 2.05) is 6.20 Å². The van der Waals surface area contributed by atoms with Gasteiger partial charge in [0.2, 0.25) is 0 Å². The Bertz CT molecular complexity index is 263. The van der Waals surface area contributed by atoms with Gasteiger partial charge in [0.1, 0.15) is 10.4 Å². The fourth-order valence-corrected chi connectivity index (χ4v) is 1.84. The van der Waals surface area contributed by atoms with Crippen LogP contribution in [0.4, 0.5) is 0 Å². The van der Waals surface area contributed by atoms with Crippen molar-refractivity contribution in [3.05, 3.63) is 16.6 Å². The van der Waals surface area contributed by atoms with Crippen molar-refractivity contribution in [2.45, 2.75) is 31.6 Å². The molecular formula is C8H11BrN2. The minimum atomic E-state index is 0.339. The lowest BCUT2D eigenvalue weighted by atomic mass is 9.70. The number of halogens is 1. The zero-order valence-corrected chi connectivity index (χ0v) is 8.11. The molecule has 0 saturated heterocycles. The third-order valence-corrected chi connectivity index (χ3v) is 2.98. The maximum Gasteiger partial charge on any atom is 0.112 e. The highest BCUT2D eigenvalue weighted by atomic mass is 79.9. The van der Waals surface area contributed by atoms with Crippen LogP contribution in [0.3, 0.4) is 0 Å². The summed E-state index contributed by atoms with van der Waals surface area (Å²) >= 11 is 3.36. The van der Waals surface area contributed by atoms with Gasteiger partial charge in [-0.2, -0.15) is 0 Å². The Balaban J connectivity index is 2.28. The second kappa shape index (κ2) is 2.34. The van der Waals surface area contributed by atoms with Crippen LogP contribution in [-0.4, -0.2) is 9.97 Å². The fraction of sp³-hybridized carbons (Fsp3) is 0.625. The topological polar surface area (TPSA) is 28.7 Å². The van der Waals surface area contributed by atoms with Crippen molar-refractivity contribution in [2.24, 2.45) is 0 Å². The molecular weight excluding hydrogens is 204 g/mol. The van der Waals surface area contributed by atoms with Gasteiger partial charge in [0.05, 0.1) is 6.20 Å². The highest BCUT2D eigenvalue weighted by Gasteiger charge is 2.35. The molecule has 60 valence electrons. The standard InChI is InChI=1S/C8H11BrN2/c1-8(3-2-4-8)7-10-5-6(9)11-7/h5H,2-4H2,1H3,(H,10,11). The second-order valence-corrected chi connectivity index (χ2v) is 4.35. The molecule has 1 aliphatic carbocycles. The number of hydrogen-bond donors (Lipinski definition) is 1. The predicted octanol–water partition coefficient (Wildman–Crippen LogP) is 2.61. The van der Waals surface area contributed by atoms with E-state index >= 15 is 0 Å². The number of nitrogens with zero attached hydrogens (tertiary/aromatic N) is 1. The smallest absolute Gasteiger partial charge is 0.112 e. The number of nitrogens with one attached hydrogen (secondary N) is 1. The van der Waals surface area contributed by atoms with Gasteiger partial charge in [-0.25, -0.2) is 4.98 Å². The van der Waals surface area contributed by atoms with E-state index in [4.69, 9.17) is 0 Å². The molecule has 1 saturated carbocycles. The zero-order valence-electron chi connectivity index (χ0n) is 6.52. The number of imidazole rings is 1. The van der Waals surface area contributed by atoms with Crippen molar-refractivity contribution in [3.63, 3.8) is 0 Å². The summed E-state index contributed by atoms with van der Waals surface area (Å²) in [4.78, 5) is 7.53. The van der Waals surface area contributed by atoms with Crippen LogP contribution in [0, 0.1) is 0 Å². The van der Waals surface area contributed by atoms with Gasteiger partial charge in [-0.05, 0) is 28.8 Å². The van der Waals surface area contributed by atoms with E-state index in [1.54, 1.807) is 0 Å². The molecule has 0 spiro atoms. The predicted molar refractivity (Wildman–Crippen MR) is 47.5 cm³/mol. The largest absolute Gasteiger partial charge is 0.336 e. The van der Waals surface area contributed by atoms with Gasteiger partial charge < -0.3 is 4.98 Å². The van der Waals surface area contributed by atoms with Crippen LogP contribution in [0.2, 0.25) is 0 Å². The Morgan fingerprint density at radius 2 is 2.36 bits per heavy atom. The molecule has 1 N–H and O–H groups in total. The Morgan fingerprint density at radius 1 is 1.64 bits per heavy atom. The summed E-state index contributed by atoms with van der Waals surface area (Å²) in [6, 6.07) is 0. The maximum absolute atomic E-state index is 4.31. The normalized spacial score (nSPS) is 21.3. The first kappa shape index (κ1) is 7.35. The first-order valence-electron chi connectivity index (χ1n) is 3.92. The van der Waals surface area contributed by atoms with E-state index in [0.717, 1.165) is 10.4 Å². The van der Waals surface area contributed by atoms with Crippen molar-refractivity contribution < 1.29 is 0 Å². The quantitative estimate of drug-likeness (QED) is 0.766. The minimum Gasteiger partial charge on any atom is -0.336 e. The van der Waals surface area contributed by atoms with Crippen molar-refractivity contribution in [3.8, 4) is 0 Å². The molecule has 0 aromatic carbocycles. The summed E-state index contributed by atoms with van der Waals surface area (Å²) < 4.78 is 0.987. The molecule has 0 amide bonds. The second-order valence-electron chi connectivity index (χ2n) is 3.49. The lowest BCUT2D eigenvalue weighted by molar-refractivity contribution is 0.258. The lowest BCUT2D eigenvalue weighted by Gasteiger charge is -2.36. The zero-order chi connectivity index (χ0) is 7.90. The van der Waals surface area contributed by atoms with Crippen LogP contribution >= 0.6 is 15.9 Å². The van der Waals surface area contributed by atoms with E-state index in [1.165, 1.54) is 19.3 Å². The van der Waals surface area contributed by atoms with Gasteiger partial charge in [0.15, 0.2) is 0 Å². The Labute approximate surface area is 74.5 Å². The first-order valence-corrected chi connectivity index (χ1v) is 4.71. The highest BCUT2D eigenvalue weighted by Crippen LogP contribution is 2.41. The summed E-state index contributed by atoms with van der Waals surface area (Å²) in [6.45, 7) is 2.27. The van der Waals surface area contributed by atoms with Crippen LogP contribution in [0.25, 0.3) is 0 Å². The SMILES string of the molecule is CC1(c2ncc(Br)[nH]2)CCC1. The average Bonchev–Trinajstić information content (AvgIpc) is 2.31. The molecule has 0 aliphatic heterocycles. The Kier molecular flexibility index (Phi) is 1.56. The van der Waals surface area contributed by atoms with E-state index in [0.29, 0.717) is 5.41 Å². The average molecular weight is 215 g/mol. The molecule has 11 heavy (non-hydrogen) atoms. The molecule has 1 aromatic rings. The Morgan fingerprint density at radius 3 is 2.73 bits per heavy atom. The third kappa shape index (κ3) is 1.11. The van der Waals surface area contributed by atoms with E-state index in [-0.39, 0.29) is 0 Å². The molecule has 2 nitrogen and oxygen atoms in total. The number of aromatic nitrogens is 2. The van der Waals surface area contributed by atoms with Gasteiger partial charge in [-0.1, -0.05) is 13.3 Å². The van der Waals surface area contributed by atoms with E-state index < -0.39 is 0 Å². The van der Waals surface area contributed by atoms with Crippen LogP contribution in [0.15, 0.2) is 10.8 Å². The Hall–Kier alpha value is -0.310. The molecule has 1 heterocycles. The van der Waals surface area contributed by atoms with Crippen molar-refractivity contribution >= 4 is 15.9 Å². The van der Waals surface area contributed by atoms with Gasteiger partial charge in [0, 0.05) is 5.41 Å². The number of hydrogen-bond acceptors (Lipinski definition) is 1. The van der Waals surface area contributed by atoms with Crippen molar-refractivity contribution in [1.82, 2.24) is 9.97 Å². The number of H-pyrrole nitrogens is 1. The summed E-state index contributed by atoms with van der Waals surface area (Å²) in [5.41, 5.74) is 0.339. The van der Waals surface area contributed by atoms with Gasteiger partial charge in [0.25, 0.3) is 0 Å². The van der Waals surface area contributed by atoms with Crippen LogP contribution in [0.1, 0.15) is 32.0 Å². The molecule has 1 aliphatic rings. The fourth-order valence-electron chi connectivity index (χ4n) is 1.55. The number of rotatable bonds is 1. The van der Waals surface area contributed by atoms with Crippen LogP contribution in [0.5, 0.6) is 0 Å². The molecule has 0 atom stereocenters. The lowest BCUT2D eigenvalue weighted by Crippen LogP contribution is -2.31. The van der Waals surface area contributed by atoms with Gasteiger partial charge in [-0.3, -0.25) is 0 Å². The molecule has 2 rings (SSSR count). The molecule has 1 fully saturated rings. The van der Waals surface area contributed by atoms with Crippen molar-refractivity contribution in [1.29, 1.82) is 0 Å². The van der Waals surface area contributed by atoms with Crippen molar-refractivity contribution in [2.75, 3.05) is 0 Å². The summed E-state index contributed by atoms with van der Waals surface area (Å²) in [6.07, 6.45) is 5.72. The highest BCUT2D eigenvalue weighted by molar-refractivity contribution is 9.10. The van der Waals surface area contributed by atoms with E-state index in [9.17, 15) is 0 Å². The molecule has 0 unspecified atom stereocenters. The monoisotopic (exact) mass is 214 g/mol. The summed E-state index contributed by atoms with van der Waals surface area (Å²) in [5.74, 6) is 1.13. The molecule has 3 heteroatoms. The molecule has 1 aromatic heterocycles. The summed E-state index contributed by atoms with van der Waals surface area (Å²) in [5, 5.41) is 0.